The van der Waals surface area contributed by atoms with Gasteiger partial charge in [0.05, 0.1) is 5.56 Å². The first-order valence-corrected chi connectivity index (χ1v) is 4.91. The van der Waals surface area contributed by atoms with Crippen LogP contribution < -0.4 is 0 Å². The summed E-state index contributed by atoms with van der Waals surface area (Å²) in [6.45, 7) is 1.41. The maximum absolute atomic E-state index is 12.5. The average Bonchev–Trinajstić information content (AvgIpc) is 2.26. The van der Waals surface area contributed by atoms with Crippen LogP contribution in [0.3, 0.4) is 0 Å². The standard InChI is InChI=1S/C11H11F3O4/c1-5-2-3-6(11(12,13)14)4-7(5)8(15)9(16)10(17)18/h2-4,8-9,15-16H,1H3,(H,17,18). The molecule has 0 aliphatic carbocycles. The highest BCUT2D eigenvalue weighted by atomic mass is 19.4. The van der Waals surface area contributed by atoms with E-state index in [0.29, 0.717) is 6.07 Å². The quantitative estimate of drug-likeness (QED) is 0.773. The summed E-state index contributed by atoms with van der Waals surface area (Å²) in [4.78, 5) is 10.5. The summed E-state index contributed by atoms with van der Waals surface area (Å²) in [6.07, 6.45) is -8.69. The molecule has 0 aliphatic rings. The largest absolute Gasteiger partial charge is 0.479 e. The Labute approximate surface area is 100 Å². The molecule has 0 heterocycles. The number of aryl methyl sites for hydroxylation is 1. The van der Waals surface area contributed by atoms with Crippen molar-refractivity contribution in [3.8, 4) is 0 Å². The van der Waals surface area contributed by atoms with Gasteiger partial charge in [0.25, 0.3) is 0 Å². The SMILES string of the molecule is Cc1ccc(C(F)(F)F)cc1C(O)C(O)C(=O)O. The lowest BCUT2D eigenvalue weighted by atomic mass is 9.97. The van der Waals surface area contributed by atoms with Crippen LogP contribution in [-0.2, 0) is 11.0 Å². The van der Waals surface area contributed by atoms with Crippen LogP contribution in [0.1, 0.15) is 22.8 Å². The minimum atomic E-state index is -4.60. The van der Waals surface area contributed by atoms with Crippen molar-refractivity contribution in [2.75, 3.05) is 0 Å². The number of carboxylic acids is 1. The van der Waals surface area contributed by atoms with Gasteiger partial charge >= 0.3 is 12.1 Å². The van der Waals surface area contributed by atoms with E-state index in [-0.39, 0.29) is 11.1 Å². The number of aliphatic carboxylic acids is 1. The molecule has 1 rings (SSSR count). The maximum atomic E-state index is 12.5. The monoisotopic (exact) mass is 264 g/mol. The summed E-state index contributed by atoms with van der Waals surface area (Å²) in [5.74, 6) is -1.71. The van der Waals surface area contributed by atoms with Gasteiger partial charge in [-0.2, -0.15) is 13.2 Å². The van der Waals surface area contributed by atoms with Gasteiger partial charge in [-0.05, 0) is 30.2 Å². The van der Waals surface area contributed by atoms with Crippen molar-refractivity contribution < 1.29 is 33.3 Å². The smallest absolute Gasteiger partial charge is 0.416 e. The lowest BCUT2D eigenvalue weighted by molar-refractivity contribution is -0.153. The molecular weight excluding hydrogens is 253 g/mol. The van der Waals surface area contributed by atoms with Gasteiger partial charge in [-0.1, -0.05) is 6.07 Å². The van der Waals surface area contributed by atoms with Crippen molar-refractivity contribution in [1.29, 1.82) is 0 Å². The predicted octanol–water partition coefficient (Wildman–Crippen LogP) is 1.49. The van der Waals surface area contributed by atoms with Crippen molar-refractivity contribution in [2.45, 2.75) is 25.3 Å². The number of benzene rings is 1. The van der Waals surface area contributed by atoms with Crippen molar-refractivity contribution in [3.05, 3.63) is 34.9 Å². The third kappa shape index (κ3) is 2.99. The molecule has 0 spiro atoms. The van der Waals surface area contributed by atoms with Crippen LogP contribution in [0, 0.1) is 6.92 Å². The molecule has 18 heavy (non-hydrogen) atoms. The van der Waals surface area contributed by atoms with Crippen molar-refractivity contribution >= 4 is 5.97 Å². The molecule has 0 saturated heterocycles. The van der Waals surface area contributed by atoms with Crippen molar-refractivity contribution in [2.24, 2.45) is 0 Å². The van der Waals surface area contributed by atoms with E-state index in [9.17, 15) is 23.1 Å². The van der Waals surface area contributed by atoms with Gasteiger partial charge in [0.15, 0.2) is 6.10 Å². The van der Waals surface area contributed by atoms with Crippen LogP contribution in [0.5, 0.6) is 0 Å². The van der Waals surface area contributed by atoms with Gasteiger partial charge in [0.1, 0.15) is 6.10 Å². The second-order valence-electron chi connectivity index (χ2n) is 3.80. The van der Waals surface area contributed by atoms with E-state index in [0.717, 1.165) is 12.1 Å². The Balaban J connectivity index is 3.20. The highest BCUT2D eigenvalue weighted by Crippen LogP contribution is 2.32. The van der Waals surface area contributed by atoms with E-state index >= 15 is 0 Å². The summed E-state index contributed by atoms with van der Waals surface area (Å²) in [6, 6.07) is 2.56. The number of hydrogen-bond acceptors (Lipinski definition) is 3. The molecular formula is C11H11F3O4. The number of carboxylic acid groups (broad SMARTS) is 1. The summed E-state index contributed by atoms with van der Waals surface area (Å²) < 4.78 is 37.4. The second kappa shape index (κ2) is 4.95. The highest BCUT2D eigenvalue weighted by molar-refractivity contribution is 5.73. The summed E-state index contributed by atoms with van der Waals surface area (Å²) in [5.41, 5.74) is -1.02. The summed E-state index contributed by atoms with van der Waals surface area (Å²) in [7, 11) is 0. The molecule has 0 aliphatic heterocycles. The Morgan fingerprint density at radius 3 is 2.28 bits per heavy atom. The van der Waals surface area contributed by atoms with Gasteiger partial charge in [-0.15, -0.1) is 0 Å². The summed E-state index contributed by atoms with van der Waals surface area (Å²) >= 11 is 0. The first-order chi connectivity index (χ1) is 8.14. The van der Waals surface area contributed by atoms with Crippen LogP contribution >= 0.6 is 0 Å². The van der Waals surface area contributed by atoms with Gasteiger partial charge in [0, 0.05) is 0 Å². The molecule has 7 heteroatoms. The van der Waals surface area contributed by atoms with E-state index in [2.05, 4.69) is 0 Å². The Bertz CT molecular complexity index is 456. The van der Waals surface area contributed by atoms with E-state index in [1.807, 2.05) is 0 Å². The third-order valence-corrected chi connectivity index (χ3v) is 2.48. The number of hydrogen-bond donors (Lipinski definition) is 3. The van der Waals surface area contributed by atoms with Gasteiger partial charge in [-0.25, -0.2) is 4.79 Å². The van der Waals surface area contributed by atoms with E-state index in [1.165, 1.54) is 6.92 Å². The van der Waals surface area contributed by atoms with E-state index in [4.69, 9.17) is 10.2 Å². The molecule has 0 fully saturated rings. The first-order valence-electron chi connectivity index (χ1n) is 4.91. The van der Waals surface area contributed by atoms with Crippen molar-refractivity contribution in [1.82, 2.24) is 0 Å². The zero-order chi connectivity index (χ0) is 14.1. The number of rotatable bonds is 3. The average molecular weight is 264 g/mol. The van der Waals surface area contributed by atoms with E-state index < -0.39 is 29.9 Å². The summed E-state index contributed by atoms with van der Waals surface area (Å²) in [5, 5.41) is 27.2. The number of carbonyl (C=O) groups is 1. The molecule has 100 valence electrons. The predicted molar refractivity (Wildman–Crippen MR) is 54.8 cm³/mol. The molecule has 2 unspecified atom stereocenters. The minimum Gasteiger partial charge on any atom is -0.479 e. The van der Waals surface area contributed by atoms with Gasteiger partial charge in [0.2, 0.25) is 0 Å². The normalized spacial score (nSPS) is 15.2. The molecule has 1 aromatic carbocycles. The lowest BCUT2D eigenvalue weighted by Crippen LogP contribution is -2.28. The first kappa shape index (κ1) is 14.5. The highest BCUT2D eigenvalue weighted by Gasteiger charge is 2.33. The number of halogens is 3. The number of alkyl halides is 3. The Morgan fingerprint density at radius 2 is 1.83 bits per heavy atom. The van der Waals surface area contributed by atoms with Gasteiger partial charge < -0.3 is 15.3 Å². The molecule has 0 amide bonds. The number of aliphatic hydroxyl groups is 2. The minimum absolute atomic E-state index is 0.260. The second-order valence-corrected chi connectivity index (χ2v) is 3.80. The molecule has 0 bridgehead atoms. The van der Waals surface area contributed by atoms with Crippen LogP contribution in [0.4, 0.5) is 13.2 Å². The molecule has 3 N–H and O–H groups in total. The Hall–Kier alpha value is -1.60. The molecule has 0 radical (unpaired) electrons. The zero-order valence-electron chi connectivity index (χ0n) is 9.27. The maximum Gasteiger partial charge on any atom is 0.416 e. The fourth-order valence-electron chi connectivity index (χ4n) is 1.44. The van der Waals surface area contributed by atoms with Crippen LogP contribution in [0.2, 0.25) is 0 Å². The van der Waals surface area contributed by atoms with Crippen molar-refractivity contribution in [3.63, 3.8) is 0 Å². The fourth-order valence-corrected chi connectivity index (χ4v) is 1.44. The third-order valence-electron chi connectivity index (χ3n) is 2.48. The van der Waals surface area contributed by atoms with E-state index in [1.54, 1.807) is 0 Å². The molecule has 0 aromatic heterocycles. The van der Waals surface area contributed by atoms with Crippen LogP contribution in [-0.4, -0.2) is 27.4 Å². The molecule has 1 aromatic rings. The van der Waals surface area contributed by atoms with Gasteiger partial charge in [-0.3, -0.25) is 0 Å². The Morgan fingerprint density at radius 1 is 1.28 bits per heavy atom. The molecule has 2 atom stereocenters. The Kier molecular flexibility index (Phi) is 3.98. The molecule has 0 saturated carbocycles. The molecule has 4 nitrogen and oxygen atoms in total. The van der Waals surface area contributed by atoms with Crippen LogP contribution in [0.15, 0.2) is 18.2 Å². The topological polar surface area (TPSA) is 77.8 Å². The fraction of sp³-hybridized carbons (Fsp3) is 0.364. The van der Waals surface area contributed by atoms with Crippen LogP contribution in [0.25, 0.3) is 0 Å². The zero-order valence-corrected chi connectivity index (χ0v) is 9.27. The lowest BCUT2D eigenvalue weighted by Gasteiger charge is -2.18. The number of aliphatic hydroxyl groups excluding tert-OH is 2.